The zero-order valence-corrected chi connectivity index (χ0v) is 12.0. The maximum absolute atomic E-state index is 6.30. The molecule has 1 aliphatic heterocycles. The van der Waals surface area contributed by atoms with E-state index in [0.717, 1.165) is 27.8 Å². The molecule has 1 heterocycles. The van der Waals surface area contributed by atoms with Crippen LogP contribution in [0, 0.1) is 0 Å². The monoisotopic (exact) mass is 285 g/mol. The van der Waals surface area contributed by atoms with Gasteiger partial charge in [-0.3, -0.25) is 0 Å². The summed E-state index contributed by atoms with van der Waals surface area (Å²) in [5.41, 5.74) is 9.12. The van der Waals surface area contributed by atoms with Crippen LogP contribution in [0.1, 0.15) is 12.5 Å². The summed E-state index contributed by atoms with van der Waals surface area (Å²) < 4.78 is 0. The number of halogens is 1. The van der Waals surface area contributed by atoms with Crippen molar-refractivity contribution in [1.29, 1.82) is 0 Å². The minimum Gasteiger partial charge on any atom is -0.324 e. The summed E-state index contributed by atoms with van der Waals surface area (Å²) in [6.45, 7) is 2.64. The molecule has 3 rings (SSSR count). The topological polar surface area (TPSA) is 41.6 Å². The van der Waals surface area contributed by atoms with Crippen molar-refractivity contribution < 1.29 is 0 Å². The van der Waals surface area contributed by atoms with Gasteiger partial charge in [0, 0.05) is 16.3 Å². The predicted molar refractivity (Wildman–Crippen MR) is 84.8 cm³/mol. The molecule has 0 spiro atoms. The van der Waals surface area contributed by atoms with Gasteiger partial charge in [-0.1, -0.05) is 35.9 Å². The molecule has 0 amide bonds. The largest absolute Gasteiger partial charge is 0.324 e. The molecule has 102 valence electrons. The minimum absolute atomic E-state index is 0.137. The first-order chi connectivity index (χ1) is 9.66. The molecule has 2 aromatic carbocycles. The molecule has 0 unspecified atom stereocenters. The fourth-order valence-electron chi connectivity index (χ4n) is 2.41. The highest BCUT2D eigenvalue weighted by atomic mass is 35.5. The van der Waals surface area contributed by atoms with E-state index in [1.165, 1.54) is 0 Å². The number of nitrogens with zero attached hydrogens (tertiary/aromatic N) is 2. The van der Waals surface area contributed by atoms with Crippen LogP contribution in [0.3, 0.4) is 0 Å². The normalized spacial score (nSPS) is 15.6. The zero-order chi connectivity index (χ0) is 14.1. The highest BCUT2D eigenvalue weighted by Gasteiger charge is 2.24. The van der Waals surface area contributed by atoms with Crippen LogP contribution in [-0.4, -0.2) is 11.9 Å². The molecule has 20 heavy (non-hydrogen) atoms. The first-order valence-electron chi connectivity index (χ1n) is 6.61. The second-order valence-corrected chi connectivity index (χ2v) is 5.33. The van der Waals surface area contributed by atoms with Crippen LogP contribution in [-0.2, 0) is 6.54 Å². The van der Waals surface area contributed by atoms with E-state index >= 15 is 0 Å². The lowest BCUT2D eigenvalue weighted by molar-refractivity contribution is 0.878. The quantitative estimate of drug-likeness (QED) is 0.913. The second-order valence-electron chi connectivity index (χ2n) is 4.92. The van der Waals surface area contributed by atoms with E-state index in [1.54, 1.807) is 0 Å². The number of benzene rings is 2. The van der Waals surface area contributed by atoms with Crippen molar-refractivity contribution in [3.05, 3.63) is 59.1 Å². The number of fused-ring (bicyclic) bond motifs is 1. The van der Waals surface area contributed by atoms with Gasteiger partial charge in [-0.15, -0.1) is 0 Å². The maximum atomic E-state index is 6.30. The number of hydrogen-bond donors (Lipinski definition) is 1. The van der Waals surface area contributed by atoms with E-state index in [1.807, 2.05) is 43.3 Å². The number of hydrogen-bond acceptors (Lipinski definition) is 3. The van der Waals surface area contributed by atoms with Gasteiger partial charge in [-0.25, -0.2) is 4.99 Å². The highest BCUT2D eigenvalue weighted by molar-refractivity contribution is 6.32. The second kappa shape index (κ2) is 5.27. The number of para-hydroxylation sites is 1. The Balaban J connectivity index is 2.11. The third-order valence-electron chi connectivity index (χ3n) is 3.40. The minimum atomic E-state index is -0.137. The molecule has 4 heteroatoms. The van der Waals surface area contributed by atoms with Gasteiger partial charge in [0.05, 0.1) is 18.3 Å². The van der Waals surface area contributed by atoms with Gasteiger partial charge in [0.15, 0.2) is 0 Å². The lowest BCUT2D eigenvalue weighted by atomic mass is 10.1. The molecule has 0 fully saturated rings. The summed E-state index contributed by atoms with van der Waals surface area (Å²) in [5, 5.41) is 0.746. The molecule has 0 aliphatic carbocycles. The average molecular weight is 286 g/mol. The SMILES string of the molecule is C[C@H](N)C1=Nc2cccc(Cl)c2CN1c1ccccc1. The number of rotatable bonds is 2. The molecular weight excluding hydrogens is 270 g/mol. The van der Waals surface area contributed by atoms with Crippen molar-refractivity contribution in [2.24, 2.45) is 10.7 Å². The molecule has 2 N–H and O–H groups in total. The van der Waals surface area contributed by atoms with Crippen molar-refractivity contribution in [1.82, 2.24) is 0 Å². The standard InChI is InChI=1S/C16H16ClN3/c1-11(18)16-19-15-9-5-8-14(17)13(15)10-20(16)12-6-3-2-4-7-12/h2-9,11H,10,18H2,1H3/t11-/m0/s1. The van der Waals surface area contributed by atoms with Crippen LogP contribution < -0.4 is 10.6 Å². The zero-order valence-electron chi connectivity index (χ0n) is 11.3. The van der Waals surface area contributed by atoms with Crippen LogP contribution in [0.15, 0.2) is 53.5 Å². The van der Waals surface area contributed by atoms with Gasteiger partial charge >= 0.3 is 0 Å². The smallest absolute Gasteiger partial charge is 0.126 e. The number of aliphatic imine (C=N–C) groups is 1. The third kappa shape index (κ3) is 2.30. The molecule has 0 saturated carbocycles. The van der Waals surface area contributed by atoms with Crippen molar-refractivity contribution in [2.75, 3.05) is 4.90 Å². The Morgan fingerprint density at radius 1 is 1.15 bits per heavy atom. The summed E-state index contributed by atoms with van der Waals surface area (Å²) in [7, 11) is 0. The summed E-state index contributed by atoms with van der Waals surface area (Å²) in [6, 6.07) is 15.8. The van der Waals surface area contributed by atoms with Crippen molar-refractivity contribution in [3.8, 4) is 0 Å². The number of amidine groups is 1. The predicted octanol–water partition coefficient (Wildman–Crippen LogP) is 3.74. The Hall–Kier alpha value is -1.84. The van der Waals surface area contributed by atoms with E-state index in [0.29, 0.717) is 6.54 Å². The molecule has 1 atom stereocenters. The molecule has 0 bridgehead atoms. The first kappa shape index (κ1) is 13.2. The van der Waals surface area contributed by atoms with Gasteiger partial charge in [-0.2, -0.15) is 0 Å². The molecule has 2 aromatic rings. The van der Waals surface area contributed by atoms with Gasteiger partial charge in [0.25, 0.3) is 0 Å². The van der Waals surface area contributed by atoms with E-state index in [9.17, 15) is 0 Å². The number of nitrogens with two attached hydrogens (primary N) is 1. The van der Waals surface area contributed by atoms with Crippen molar-refractivity contribution in [2.45, 2.75) is 19.5 Å². The van der Waals surface area contributed by atoms with E-state index in [2.05, 4.69) is 17.0 Å². The van der Waals surface area contributed by atoms with E-state index in [4.69, 9.17) is 22.3 Å². The summed E-state index contributed by atoms with van der Waals surface area (Å²) >= 11 is 6.30. The van der Waals surface area contributed by atoms with Crippen LogP contribution in [0.4, 0.5) is 11.4 Å². The van der Waals surface area contributed by atoms with Crippen LogP contribution in [0.2, 0.25) is 5.02 Å². The lowest BCUT2D eigenvalue weighted by Gasteiger charge is -2.32. The third-order valence-corrected chi connectivity index (χ3v) is 3.75. The van der Waals surface area contributed by atoms with E-state index in [-0.39, 0.29) is 6.04 Å². The van der Waals surface area contributed by atoms with Gasteiger partial charge < -0.3 is 10.6 Å². The lowest BCUT2D eigenvalue weighted by Crippen LogP contribution is -2.43. The molecule has 0 saturated heterocycles. The fourth-order valence-corrected chi connectivity index (χ4v) is 2.64. The summed E-state index contributed by atoms with van der Waals surface area (Å²) in [4.78, 5) is 6.82. The maximum Gasteiger partial charge on any atom is 0.126 e. The van der Waals surface area contributed by atoms with Crippen LogP contribution in [0.5, 0.6) is 0 Å². The summed E-state index contributed by atoms with van der Waals surface area (Å²) in [6.07, 6.45) is 0. The Kier molecular flexibility index (Phi) is 3.47. The average Bonchev–Trinajstić information content (AvgIpc) is 2.47. The molecule has 0 aromatic heterocycles. The molecule has 1 aliphatic rings. The van der Waals surface area contributed by atoms with Crippen LogP contribution in [0.25, 0.3) is 0 Å². The molecule has 0 radical (unpaired) electrons. The van der Waals surface area contributed by atoms with Gasteiger partial charge in [0.1, 0.15) is 5.84 Å². The Morgan fingerprint density at radius 2 is 1.90 bits per heavy atom. The summed E-state index contributed by atoms with van der Waals surface area (Å²) in [5.74, 6) is 0.867. The van der Waals surface area contributed by atoms with Gasteiger partial charge in [-0.05, 0) is 31.2 Å². The highest BCUT2D eigenvalue weighted by Crippen LogP contribution is 2.34. The molecular formula is C16H16ClN3. The Labute approximate surface area is 123 Å². The number of anilines is 1. The first-order valence-corrected chi connectivity index (χ1v) is 6.99. The Morgan fingerprint density at radius 3 is 2.60 bits per heavy atom. The Bertz CT molecular complexity index is 650. The van der Waals surface area contributed by atoms with Gasteiger partial charge in [0.2, 0.25) is 0 Å². The molecule has 3 nitrogen and oxygen atoms in total. The van der Waals surface area contributed by atoms with Crippen molar-refractivity contribution in [3.63, 3.8) is 0 Å². The van der Waals surface area contributed by atoms with Crippen molar-refractivity contribution >= 4 is 28.8 Å². The van der Waals surface area contributed by atoms with E-state index < -0.39 is 0 Å². The van der Waals surface area contributed by atoms with Crippen LogP contribution >= 0.6 is 11.6 Å². The fraction of sp³-hybridized carbons (Fsp3) is 0.188.